The molecule has 1 aromatic heterocycles. The minimum atomic E-state index is 0.463. The highest BCUT2D eigenvalue weighted by atomic mass is 16.5. The topological polar surface area (TPSA) is 56.5 Å². The molecular weight excluding hydrogens is 268 g/mol. The standard InChI is InChI=1S/C16H22N2O3/c1-11(2)17-8-7-16-18-10-15(21-16)12-5-6-13(19-3)14(9-12)20-4/h5-6,9-11,17H,7-8H2,1-4H3. The zero-order chi connectivity index (χ0) is 15.2. The number of ether oxygens (including phenoxy) is 2. The number of hydrogen-bond donors (Lipinski definition) is 1. The number of rotatable bonds is 7. The molecule has 2 rings (SSSR count). The fraction of sp³-hybridized carbons (Fsp3) is 0.438. The molecule has 0 bridgehead atoms. The van der Waals surface area contributed by atoms with Crippen LogP contribution >= 0.6 is 0 Å². The van der Waals surface area contributed by atoms with E-state index in [4.69, 9.17) is 13.9 Å². The first-order valence-corrected chi connectivity index (χ1v) is 7.04. The molecule has 1 heterocycles. The maximum atomic E-state index is 5.78. The van der Waals surface area contributed by atoms with E-state index in [0.717, 1.165) is 30.2 Å². The highest BCUT2D eigenvalue weighted by molar-refractivity contribution is 5.62. The zero-order valence-electron chi connectivity index (χ0n) is 13.0. The summed E-state index contributed by atoms with van der Waals surface area (Å²) in [4.78, 5) is 4.31. The average Bonchev–Trinajstić information content (AvgIpc) is 2.95. The monoisotopic (exact) mass is 290 g/mol. The first-order chi connectivity index (χ1) is 10.1. The van der Waals surface area contributed by atoms with Crippen molar-refractivity contribution in [2.45, 2.75) is 26.3 Å². The van der Waals surface area contributed by atoms with Gasteiger partial charge >= 0.3 is 0 Å². The summed E-state index contributed by atoms with van der Waals surface area (Å²) in [5.74, 6) is 2.83. The van der Waals surface area contributed by atoms with Gasteiger partial charge in [0.05, 0.1) is 20.4 Å². The van der Waals surface area contributed by atoms with Gasteiger partial charge in [-0.25, -0.2) is 4.98 Å². The minimum absolute atomic E-state index is 0.463. The molecule has 0 aliphatic carbocycles. The third-order valence-electron chi connectivity index (χ3n) is 3.11. The van der Waals surface area contributed by atoms with Gasteiger partial charge < -0.3 is 19.2 Å². The highest BCUT2D eigenvalue weighted by Crippen LogP contribution is 2.32. The summed E-state index contributed by atoms with van der Waals surface area (Å²) < 4.78 is 16.3. The van der Waals surface area contributed by atoms with Gasteiger partial charge in [-0.2, -0.15) is 0 Å². The molecular formula is C16H22N2O3. The van der Waals surface area contributed by atoms with Crippen LogP contribution < -0.4 is 14.8 Å². The van der Waals surface area contributed by atoms with E-state index < -0.39 is 0 Å². The second-order valence-electron chi connectivity index (χ2n) is 5.05. The Hall–Kier alpha value is -2.01. The first-order valence-electron chi connectivity index (χ1n) is 7.04. The number of methoxy groups -OCH3 is 2. The van der Waals surface area contributed by atoms with Crippen LogP contribution in [0.3, 0.4) is 0 Å². The summed E-state index contributed by atoms with van der Waals surface area (Å²) in [6.07, 6.45) is 2.51. The van der Waals surface area contributed by atoms with Crippen molar-refractivity contribution in [2.24, 2.45) is 0 Å². The van der Waals surface area contributed by atoms with E-state index in [0.29, 0.717) is 17.5 Å². The molecule has 21 heavy (non-hydrogen) atoms. The van der Waals surface area contributed by atoms with Crippen molar-refractivity contribution in [2.75, 3.05) is 20.8 Å². The third kappa shape index (κ3) is 3.98. The third-order valence-corrected chi connectivity index (χ3v) is 3.11. The molecule has 5 heteroatoms. The van der Waals surface area contributed by atoms with Crippen LogP contribution in [0.15, 0.2) is 28.8 Å². The lowest BCUT2D eigenvalue weighted by molar-refractivity contribution is 0.355. The predicted octanol–water partition coefficient (Wildman–Crippen LogP) is 2.90. The van der Waals surface area contributed by atoms with E-state index in [9.17, 15) is 0 Å². The van der Waals surface area contributed by atoms with Gasteiger partial charge in [-0.3, -0.25) is 0 Å². The minimum Gasteiger partial charge on any atom is -0.493 e. The lowest BCUT2D eigenvalue weighted by Gasteiger charge is -2.08. The van der Waals surface area contributed by atoms with Gasteiger partial charge in [-0.1, -0.05) is 13.8 Å². The second-order valence-corrected chi connectivity index (χ2v) is 5.05. The van der Waals surface area contributed by atoms with Crippen LogP contribution in [-0.2, 0) is 6.42 Å². The van der Waals surface area contributed by atoms with Crippen molar-refractivity contribution in [1.29, 1.82) is 0 Å². The van der Waals surface area contributed by atoms with E-state index in [-0.39, 0.29) is 0 Å². The second kappa shape index (κ2) is 7.13. The van der Waals surface area contributed by atoms with Gasteiger partial charge in [0, 0.05) is 24.6 Å². The quantitative estimate of drug-likeness (QED) is 0.849. The summed E-state index contributed by atoms with van der Waals surface area (Å²) in [6, 6.07) is 6.13. The van der Waals surface area contributed by atoms with Crippen molar-refractivity contribution in [3.63, 3.8) is 0 Å². The highest BCUT2D eigenvalue weighted by Gasteiger charge is 2.10. The molecule has 0 unspecified atom stereocenters. The van der Waals surface area contributed by atoms with Crippen LogP contribution in [0.5, 0.6) is 11.5 Å². The Morgan fingerprint density at radius 2 is 1.95 bits per heavy atom. The number of hydrogen-bond acceptors (Lipinski definition) is 5. The Bertz CT molecular complexity index is 579. The lowest BCUT2D eigenvalue weighted by atomic mass is 10.1. The summed E-state index contributed by atoms with van der Waals surface area (Å²) in [5.41, 5.74) is 0.920. The molecule has 0 saturated carbocycles. The van der Waals surface area contributed by atoms with Crippen LogP contribution in [0.1, 0.15) is 19.7 Å². The average molecular weight is 290 g/mol. The van der Waals surface area contributed by atoms with Crippen molar-refractivity contribution in [3.8, 4) is 22.8 Å². The van der Waals surface area contributed by atoms with Gasteiger partial charge in [-0.05, 0) is 18.2 Å². The molecule has 5 nitrogen and oxygen atoms in total. The van der Waals surface area contributed by atoms with Gasteiger partial charge in [0.25, 0.3) is 0 Å². The largest absolute Gasteiger partial charge is 0.493 e. The molecule has 1 N–H and O–H groups in total. The number of oxazole rings is 1. The Labute approximate surface area is 125 Å². The van der Waals surface area contributed by atoms with E-state index in [1.165, 1.54) is 0 Å². The summed E-state index contributed by atoms with van der Waals surface area (Å²) in [7, 11) is 3.23. The van der Waals surface area contributed by atoms with Crippen LogP contribution in [-0.4, -0.2) is 31.8 Å². The molecule has 0 fully saturated rings. The zero-order valence-corrected chi connectivity index (χ0v) is 13.0. The number of benzene rings is 1. The molecule has 0 saturated heterocycles. The molecule has 0 atom stereocenters. The van der Waals surface area contributed by atoms with Crippen molar-refractivity contribution < 1.29 is 13.9 Å². The predicted molar refractivity (Wildman–Crippen MR) is 81.9 cm³/mol. The van der Waals surface area contributed by atoms with Crippen molar-refractivity contribution in [3.05, 3.63) is 30.3 Å². The van der Waals surface area contributed by atoms with Crippen molar-refractivity contribution >= 4 is 0 Å². The number of nitrogens with zero attached hydrogens (tertiary/aromatic N) is 1. The summed E-state index contributed by atoms with van der Waals surface area (Å²) in [5, 5.41) is 3.34. The molecule has 0 aliphatic heterocycles. The van der Waals surface area contributed by atoms with Crippen LogP contribution in [0.2, 0.25) is 0 Å². The molecule has 2 aromatic rings. The number of nitrogens with one attached hydrogen (secondary N) is 1. The molecule has 114 valence electrons. The van der Waals surface area contributed by atoms with Crippen LogP contribution in [0.25, 0.3) is 11.3 Å². The summed E-state index contributed by atoms with van der Waals surface area (Å²) >= 11 is 0. The molecule has 0 aliphatic rings. The number of aromatic nitrogens is 1. The lowest BCUT2D eigenvalue weighted by Crippen LogP contribution is -2.24. The van der Waals surface area contributed by atoms with Crippen molar-refractivity contribution in [1.82, 2.24) is 10.3 Å². The van der Waals surface area contributed by atoms with Gasteiger partial charge in [0.15, 0.2) is 23.1 Å². The fourth-order valence-electron chi connectivity index (χ4n) is 2.02. The maximum absolute atomic E-state index is 5.78. The van der Waals surface area contributed by atoms with Crippen LogP contribution in [0, 0.1) is 0 Å². The molecule has 0 spiro atoms. The SMILES string of the molecule is COc1ccc(-c2cnc(CCNC(C)C)o2)cc1OC. The van der Waals surface area contributed by atoms with E-state index >= 15 is 0 Å². The van der Waals surface area contributed by atoms with E-state index in [1.807, 2.05) is 18.2 Å². The Balaban J connectivity index is 2.10. The smallest absolute Gasteiger partial charge is 0.196 e. The Kier molecular flexibility index (Phi) is 5.22. The molecule has 0 amide bonds. The van der Waals surface area contributed by atoms with Crippen LogP contribution in [0.4, 0.5) is 0 Å². The van der Waals surface area contributed by atoms with Gasteiger partial charge in [0.1, 0.15) is 0 Å². The van der Waals surface area contributed by atoms with E-state index in [2.05, 4.69) is 24.1 Å². The molecule has 1 aromatic carbocycles. The van der Waals surface area contributed by atoms with Gasteiger partial charge in [0.2, 0.25) is 0 Å². The summed E-state index contributed by atoms with van der Waals surface area (Å²) in [6.45, 7) is 5.08. The maximum Gasteiger partial charge on any atom is 0.196 e. The normalized spacial score (nSPS) is 10.9. The fourth-order valence-corrected chi connectivity index (χ4v) is 2.02. The van der Waals surface area contributed by atoms with E-state index in [1.54, 1.807) is 20.4 Å². The van der Waals surface area contributed by atoms with Gasteiger partial charge in [-0.15, -0.1) is 0 Å². The Morgan fingerprint density at radius 1 is 1.19 bits per heavy atom. The Morgan fingerprint density at radius 3 is 2.62 bits per heavy atom. The molecule has 0 radical (unpaired) electrons. The first kappa shape index (κ1) is 15.4.